The first kappa shape index (κ1) is 12.4. The van der Waals surface area contributed by atoms with Crippen LogP contribution in [0.1, 0.15) is 11.1 Å². The molecule has 0 atom stereocenters. The van der Waals surface area contributed by atoms with Gasteiger partial charge in [0.25, 0.3) is 0 Å². The average Bonchev–Trinajstić information content (AvgIpc) is 1.94. The maximum atomic E-state index is 4.96. The van der Waals surface area contributed by atoms with Crippen molar-refractivity contribution >= 4 is 39.7 Å². The molecule has 4 heteroatoms. The van der Waals surface area contributed by atoms with E-state index in [1.807, 2.05) is 0 Å². The highest BCUT2D eigenvalue weighted by atomic mass is 35.9. The van der Waals surface area contributed by atoms with Crippen molar-refractivity contribution in [3.63, 3.8) is 0 Å². The van der Waals surface area contributed by atoms with Crippen molar-refractivity contribution in [2.45, 2.75) is 13.8 Å². The van der Waals surface area contributed by atoms with E-state index >= 15 is 0 Å². The highest BCUT2D eigenvalue weighted by Gasteiger charge is 1.79. The summed E-state index contributed by atoms with van der Waals surface area (Å²) in [5, 5.41) is -1.35. The van der Waals surface area contributed by atoms with Crippen LogP contribution < -0.4 is 0 Å². The van der Waals surface area contributed by atoms with Crippen molar-refractivity contribution in [3.05, 3.63) is 35.4 Å². The highest BCUT2D eigenvalue weighted by Crippen LogP contribution is 2.31. The summed E-state index contributed by atoms with van der Waals surface area (Å²) in [7, 11) is 0. The number of hydrogen-bond acceptors (Lipinski definition) is 1. The highest BCUT2D eigenvalue weighted by molar-refractivity contribution is 8.29. The normalized spacial score (nSPS) is 9.08. The SMILES string of the molecule is Cc1ccc(C)cc1.S=[PH](Cl)Cl. The Morgan fingerprint density at radius 1 is 1.00 bits per heavy atom. The van der Waals surface area contributed by atoms with Gasteiger partial charge in [0.1, 0.15) is 5.40 Å². The van der Waals surface area contributed by atoms with E-state index in [9.17, 15) is 0 Å². The van der Waals surface area contributed by atoms with Gasteiger partial charge in [-0.15, -0.1) is 0 Å². The van der Waals surface area contributed by atoms with Gasteiger partial charge in [-0.1, -0.05) is 69.7 Å². The molecule has 0 saturated carbocycles. The summed E-state index contributed by atoms with van der Waals surface area (Å²) in [6.45, 7) is 4.19. The van der Waals surface area contributed by atoms with E-state index < -0.39 is 5.40 Å². The molecule has 0 heterocycles. The molecule has 0 aromatic heterocycles. The second kappa shape index (κ2) is 6.91. The minimum atomic E-state index is -1.35. The molecule has 12 heavy (non-hydrogen) atoms. The maximum absolute atomic E-state index is 4.96. The van der Waals surface area contributed by atoms with Crippen LogP contribution in [0.25, 0.3) is 0 Å². The van der Waals surface area contributed by atoms with Crippen molar-refractivity contribution < 1.29 is 0 Å². The predicted octanol–water partition coefficient (Wildman–Crippen LogP) is 4.27. The molecule has 0 nitrogen and oxygen atoms in total. The molecule has 1 aromatic carbocycles. The molecule has 68 valence electrons. The van der Waals surface area contributed by atoms with E-state index in [4.69, 9.17) is 22.5 Å². The first-order valence-electron chi connectivity index (χ1n) is 3.40. The Labute approximate surface area is 88.9 Å². The molecule has 0 fully saturated rings. The molecule has 0 unspecified atom stereocenters. The van der Waals surface area contributed by atoms with Crippen LogP contribution in [0.15, 0.2) is 24.3 Å². The van der Waals surface area contributed by atoms with Gasteiger partial charge in [-0.2, -0.15) is 0 Å². The van der Waals surface area contributed by atoms with E-state index in [0.29, 0.717) is 0 Å². The van der Waals surface area contributed by atoms with Crippen LogP contribution in [0.3, 0.4) is 0 Å². The average molecular weight is 241 g/mol. The number of hydrogen-bond donors (Lipinski definition) is 0. The van der Waals surface area contributed by atoms with Crippen LogP contribution in [0.2, 0.25) is 0 Å². The van der Waals surface area contributed by atoms with E-state index in [1.165, 1.54) is 11.1 Å². The number of aryl methyl sites for hydroxylation is 2. The number of rotatable bonds is 0. The Hall–Kier alpha value is 0.450. The van der Waals surface area contributed by atoms with Crippen molar-refractivity contribution in [1.82, 2.24) is 0 Å². The lowest BCUT2D eigenvalue weighted by Gasteiger charge is -1.90. The van der Waals surface area contributed by atoms with Gasteiger partial charge in [0.05, 0.1) is 0 Å². The van der Waals surface area contributed by atoms with Crippen LogP contribution in [-0.4, -0.2) is 0 Å². The van der Waals surface area contributed by atoms with Gasteiger partial charge >= 0.3 is 0 Å². The van der Waals surface area contributed by atoms with Gasteiger partial charge in [-0.3, -0.25) is 0 Å². The van der Waals surface area contributed by atoms with Gasteiger partial charge in [-0.05, 0) is 13.8 Å². The molecule has 1 rings (SSSR count). The van der Waals surface area contributed by atoms with E-state index in [0.717, 1.165) is 0 Å². The zero-order valence-corrected chi connectivity index (χ0v) is 10.3. The van der Waals surface area contributed by atoms with Crippen LogP contribution in [-0.2, 0) is 11.8 Å². The predicted molar refractivity (Wildman–Crippen MR) is 63.3 cm³/mol. The topological polar surface area (TPSA) is 0 Å². The second-order valence-corrected chi connectivity index (χ2v) is 8.25. The monoisotopic (exact) mass is 240 g/mol. The third-order valence-electron chi connectivity index (χ3n) is 1.22. The molecule has 0 amide bonds. The molecule has 0 spiro atoms. The van der Waals surface area contributed by atoms with Gasteiger partial charge in [0, 0.05) is 0 Å². The minimum absolute atomic E-state index is 1.33. The largest absolute Gasteiger partial charge is 0.108 e. The zero-order valence-electron chi connectivity index (χ0n) is 6.97. The van der Waals surface area contributed by atoms with Gasteiger partial charge < -0.3 is 0 Å². The van der Waals surface area contributed by atoms with Gasteiger partial charge in [-0.25, -0.2) is 0 Å². The summed E-state index contributed by atoms with van der Waals surface area (Å²) < 4.78 is 0. The fourth-order valence-electron chi connectivity index (χ4n) is 0.637. The molecule has 0 radical (unpaired) electrons. The molecule has 0 aliphatic heterocycles. The Kier molecular flexibility index (Phi) is 7.17. The Balaban J connectivity index is 0.000000261. The zero-order chi connectivity index (χ0) is 9.56. The molecule has 0 aliphatic rings. The number of benzene rings is 1. The van der Waals surface area contributed by atoms with E-state index in [1.54, 1.807) is 0 Å². The third-order valence-corrected chi connectivity index (χ3v) is 1.22. The van der Waals surface area contributed by atoms with Crippen molar-refractivity contribution in [2.75, 3.05) is 0 Å². The molecule has 0 saturated heterocycles. The first-order chi connectivity index (χ1) is 5.52. The number of halogens is 2. The van der Waals surface area contributed by atoms with Crippen LogP contribution in [0.4, 0.5) is 0 Å². The summed E-state index contributed by atoms with van der Waals surface area (Å²) in [6.07, 6.45) is 0. The second-order valence-electron chi connectivity index (χ2n) is 2.38. The molecule has 0 aliphatic carbocycles. The summed E-state index contributed by atoms with van der Waals surface area (Å²) in [6, 6.07) is 8.48. The fraction of sp³-hybridized carbons (Fsp3) is 0.250. The summed E-state index contributed by atoms with van der Waals surface area (Å²) in [5.41, 5.74) is 2.66. The summed E-state index contributed by atoms with van der Waals surface area (Å²) >= 11 is 14.2. The standard InChI is InChI=1S/C8H10.Cl2HPS/c1-7-3-5-8(2)6-4-7;1-3(2)4/h3-6H,1-2H3;3H. The lowest BCUT2D eigenvalue weighted by atomic mass is 10.2. The molecule has 0 bridgehead atoms. The van der Waals surface area contributed by atoms with Crippen LogP contribution in [0, 0.1) is 13.8 Å². The fourth-order valence-corrected chi connectivity index (χ4v) is 0.637. The third kappa shape index (κ3) is 8.55. The lowest BCUT2D eigenvalue weighted by molar-refractivity contribution is 1.40. The van der Waals surface area contributed by atoms with E-state index in [-0.39, 0.29) is 0 Å². The van der Waals surface area contributed by atoms with Gasteiger partial charge in [0.15, 0.2) is 0 Å². The Bertz CT molecular complexity index is 221. The summed E-state index contributed by atoms with van der Waals surface area (Å²) in [5.74, 6) is 0. The van der Waals surface area contributed by atoms with Crippen LogP contribution >= 0.6 is 27.9 Å². The van der Waals surface area contributed by atoms with Crippen molar-refractivity contribution in [2.24, 2.45) is 0 Å². The Morgan fingerprint density at radius 3 is 1.33 bits per heavy atom. The van der Waals surface area contributed by atoms with Gasteiger partial charge in [0.2, 0.25) is 0 Å². The molecule has 1 aromatic rings. The molecule has 0 N–H and O–H groups in total. The van der Waals surface area contributed by atoms with Crippen molar-refractivity contribution in [3.8, 4) is 0 Å². The Morgan fingerprint density at radius 2 is 1.17 bits per heavy atom. The minimum Gasteiger partial charge on any atom is -0.0717 e. The molecular weight excluding hydrogens is 230 g/mol. The van der Waals surface area contributed by atoms with Crippen molar-refractivity contribution in [1.29, 1.82) is 0 Å². The molecular formula is C8H11Cl2PS. The van der Waals surface area contributed by atoms with Crippen LogP contribution in [0.5, 0.6) is 0 Å². The summed E-state index contributed by atoms with van der Waals surface area (Å²) in [4.78, 5) is 0. The first-order valence-corrected chi connectivity index (χ1v) is 8.06. The lowest BCUT2D eigenvalue weighted by Crippen LogP contribution is -1.70. The smallest absolute Gasteiger partial charge is 0.0717 e. The van der Waals surface area contributed by atoms with E-state index in [2.05, 4.69) is 49.9 Å². The quantitative estimate of drug-likeness (QED) is 0.611. The maximum Gasteiger partial charge on any atom is 0.108 e.